The molecule has 21 heavy (non-hydrogen) atoms. The van der Waals surface area contributed by atoms with Crippen LogP contribution in [0.4, 0.5) is 23.4 Å². The molecule has 6 nitrogen and oxygen atoms in total. The van der Waals surface area contributed by atoms with Crippen molar-refractivity contribution in [1.82, 2.24) is 9.97 Å². The number of nitrogens with one attached hydrogen (secondary N) is 1. The first-order valence-corrected chi connectivity index (χ1v) is 6.33. The van der Waals surface area contributed by atoms with Crippen molar-refractivity contribution in [1.29, 1.82) is 0 Å². The average Bonchev–Trinajstić information content (AvgIpc) is 2.43. The van der Waals surface area contributed by atoms with Crippen LogP contribution in [-0.4, -0.2) is 47.4 Å². The van der Waals surface area contributed by atoms with Gasteiger partial charge in [0.1, 0.15) is 0 Å². The van der Waals surface area contributed by atoms with Gasteiger partial charge in [-0.3, -0.25) is 10.2 Å². The lowest BCUT2D eigenvalue weighted by atomic mass is 10.4. The molecule has 116 valence electrons. The van der Waals surface area contributed by atoms with Gasteiger partial charge in [0.15, 0.2) is 17.6 Å². The zero-order valence-corrected chi connectivity index (χ0v) is 11.2. The number of hydrogen-bond acceptors (Lipinski definition) is 7. The monoisotopic (exact) mass is 326 g/mol. The molecule has 0 aliphatic rings. The topological polar surface area (TPSA) is 76.5 Å². The summed E-state index contributed by atoms with van der Waals surface area (Å²) in [6.07, 6.45) is -2.52. The smallest absolute Gasteiger partial charge is 0.340 e. The maximum atomic E-state index is 12.5. The third kappa shape index (κ3) is 5.94. The zero-order valence-electron chi connectivity index (χ0n) is 10.4. The van der Waals surface area contributed by atoms with Crippen LogP contribution in [0.1, 0.15) is 0 Å². The van der Waals surface area contributed by atoms with Gasteiger partial charge in [-0.05, 0) is 0 Å². The van der Waals surface area contributed by atoms with Crippen LogP contribution in [0, 0.1) is 0 Å². The number of hydrazone groups is 1. The Morgan fingerprint density at radius 1 is 1.57 bits per heavy atom. The maximum Gasteiger partial charge on any atom is 0.340 e. The van der Waals surface area contributed by atoms with E-state index in [4.69, 9.17) is 0 Å². The van der Waals surface area contributed by atoms with Gasteiger partial charge in [0.25, 0.3) is 0 Å². The Kier molecular flexibility index (Phi) is 6.34. The molecule has 0 saturated heterocycles. The number of esters is 1. The lowest BCUT2D eigenvalue weighted by Crippen LogP contribution is -2.33. The Labute approximate surface area is 121 Å². The minimum absolute atomic E-state index is 0.154. The molecule has 0 aromatic carbocycles. The highest BCUT2D eigenvalue weighted by molar-refractivity contribution is 7.99. The van der Waals surface area contributed by atoms with E-state index in [0.717, 1.165) is 11.8 Å². The van der Waals surface area contributed by atoms with E-state index >= 15 is 0 Å². The largest absolute Gasteiger partial charge is 0.458 e. The van der Waals surface area contributed by atoms with Gasteiger partial charge in [0.05, 0.1) is 5.75 Å². The summed E-state index contributed by atoms with van der Waals surface area (Å²) in [6.45, 7) is 1.51. The molecule has 1 heterocycles. The molecule has 0 saturated carbocycles. The molecule has 0 spiro atoms. The molecule has 0 unspecified atom stereocenters. The first-order valence-electron chi connectivity index (χ1n) is 5.34. The summed E-state index contributed by atoms with van der Waals surface area (Å²) in [4.78, 5) is 18.9. The van der Waals surface area contributed by atoms with Crippen LogP contribution in [0.15, 0.2) is 22.5 Å². The number of hydrogen-bond donors (Lipinski definition) is 1. The fourth-order valence-electron chi connectivity index (χ4n) is 0.958. The molecule has 0 atom stereocenters. The predicted octanol–water partition coefficient (Wildman–Crippen LogP) is 2.04. The molecular weight excluding hydrogens is 316 g/mol. The van der Waals surface area contributed by atoms with Crippen LogP contribution in [0.5, 0.6) is 0 Å². The van der Waals surface area contributed by atoms with Crippen LogP contribution in [0.3, 0.4) is 0 Å². The number of halogens is 4. The normalized spacial score (nSPS) is 11.3. The second-order valence-electron chi connectivity index (χ2n) is 3.51. The zero-order chi connectivity index (χ0) is 15.9. The van der Waals surface area contributed by atoms with E-state index < -0.39 is 30.7 Å². The minimum Gasteiger partial charge on any atom is -0.458 e. The van der Waals surface area contributed by atoms with E-state index in [1.165, 1.54) is 12.3 Å². The Bertz CT molecular complexity index is 504. The van der Waals surface area contributed by atoms with E-state index in [2.05, 4.69) is 31.9 Å². The Hall–Kier alpha value is -1.91. The van der Waals surface area contributed by atoms with Gasteiger partial charge in [-0.25, -0.2) is 18.7 Å². The minimum atomic E-state index is -4.36. The van der Waals surface area contributed by atoms with Gasteiger partial charge in [-0.1, -0.05) is 11.8 Å². The Morgan fingerprint density at radius 2 is 2.29 bits per heavy atom. The molecule has 0 amide bonds. The number of alkyl halides is 4. The van der Waals surface area contributed by atoms with E-state index in [1.807, 2.05) is 0 Å². The predicted molar refractivity (Wildman–Crippen MR) is 67.8 cm³/mol. The number of rotatable bonds is 8. The number of ether oxygens (including phenoxy) is 1. The van der Waals surface area contributed by atoms with Gasteiger partial charge in [0, 0.05) is 19.0 Å². The second kappa shape index (κ2) is 7.76. The van der Waals surface area contributed by atoms with E-state index in [-0.39, 0.29) is 5.16 Å². The first-order chi connectivity index (χ1) is 9.85. The van der Waals surface area contributed by atoms with Crippen molar-refractivity contribution in [3.63, 3.8) is 0 Å². The van der Waals surface area contributed by atoms with Crippen molar-refractivity contribution in [2.45, 2.75) is 17.5 Å². The van der Waals surface area contributed by atoms with Crippen LogP contribution >= 0.6 is 11.8 Å². The van der Waals surface area contributed by atoms with Gasteiger partial charge >= 0.3 is 18.3 Å². The van der Waals surface area contributed by atoms with Crippen molar-refractivity contribution in [2.75, 3.05) is 17.8 Å². The fraction of sp³-hybridized carbons (Fsp3) is 0.400. The maximum absolute atomic E-state index is 12.5. The number of carbonyl (C=O) groups is 1. The van der Waals surface area contributed by atoms with E-state index in [1.54, 1.807) is 0 Å². The van der Waals surface area contributed by atoms with Crippen LogP contribution in [0.2, 0.25) is 0 Å². The SMILES string of the molecule is C=NNc1ccnc(SCC(=O)OCC(F)(F)C(F)F)n1. The molecule has 0 aliphatic heterocycles. The third-order valence-corrected chi connectivity index (χ3v) is 2.73. The summed E-state index contributed by atoms with van der Waals surface area (Å²) in [5.74, 6) is -5.52. The third-order valence-electron chi connectivity index (χ3n) is 1.89. The number of thioether (sulfide) groups is 1. The van der Waals surface area contributed by atoms with Gasteiger partial charge in [-0.15, -0.1) is 0 Å². The highest BCUT2D eigenvalue weighted by Gasteiger charge is 2.42. The van der Waals surface area contributed by atoms with Gasteiger partial charge in [0.2, 0.25) is 0 Å². The molecule has 1 aromatic heterocycles. The molecule has 11 heteroatoms. The van der Waals surface area contributed by atoms with Crippen molar-refractivity contribution in [2.24, 2.45) is 5.10 Å². The van der Waals surface area contributed by atoms with Gasteiger partial charge in [-0.2, -0.15) is 13.9 Å². The van der Waals surface area contributed by atoms with Gasteiger partial charge < -0.3 is 4.74 Å². The molecule has 0 radical (unpaired) electrons. The first kappa shape index (κ1) is 17.1. The molecule has 0 aliphatic carbocycles. The molecule has 0 fully saturated rings. The van der Waals surface area contributed by atoms with Crippen molar-refractivity contribution < 1.29 is 27.1 Å². The summed E-state index contributed by atoms with van der Waals surface area (Å²) < 4.78 is 52.8. The Morgan fingerprint density at radius 3 is 2.90 bits per heavy atom. The highest BCUT2D eigenvalue weighted by atomic mass is 32.2. The molecule has 0 bridgehead atoms. The quantitative estimate of drug-likeness (QED) is 0.197. The number of aromatic nitrogens is 2. The summed E-state index contributed by atoms with van der Waals surface area (Å²) in [5.41, 5.74) is 2.44. The lowest BCUT2D eigenvalue weighted by molar-refractivity contribution is -0.177. The number of nitrogens with zero attached hydrogens (tertiary/aromatic N) is 3. The molecule has 1 aromatic rings. The van der Waals surface area contributed by atoms with Crippen molar-refractivity contribution in [3.05, 3.63) is 12.3 Å². The lowest BCUT2D eigenvalue weighted by Gasteiger charge is -2.14. The summed E-state index contributed by atoms with van der Waals surface area (Å²) >= 11 is 0.796. The molecule has 1 rings (SSSR count). The second-order valence-corrected chi connectivity index (χ2v) is 4.45. The summed E-state index contributed by atoms with van der Waals surface area (Å²) in [6, 6.07) is 1.49. The average molecular weight is 326 g/mol. The number of anilines is 1. The standard InChI is InChI=1S/C10H10F4N4O2S/c1-15-18-6-2-3-16-9(17-6)21-4-7(19)20-5-10(13,14)8(11)12/h2-3,8H,1,4-5H2,(H,16,17,18). The molecule has 1 N–H and O–H groups in total. The van der Waals surface area contributed by atoms with E-state index in [9.17, 15) is 22.4 Å². The van der Waals surface area contributed by atoms with Crippen LogP contribution in [0.25, 0.3) is 0 Å². The number of carbonyl (C=O) groups excluding carboxylic acids is 1. The van der Waals surface area contributed by atoms with Crippen molar-refractivity contribution in [3.8, 4) is 0 Å². The van der Waals surface area contributed by atoms with Crippen molar-refractivity contribution >= 4 is 30.3 Å². The Balaban J connectivity index is 2.43. The molecular formula is C10H10F4N4O2S. The fourth-order valence-corrected chi connectivity index (χ4v) is 1.59. The summed E-state index contributed by atoms with van der Waals surface area (Å²) in [7, 11) is 0. The summed E-state index contributed by atoms with van der Waals surface area (Å²) in [5, 5.41) is 3.52. The van der Waals surface area contributed by atoms with Crippen LogP contribution < -0.4 is 5.43 Å². The van der Waals surface area contributed by atoms with E-state index in [0.29, 0.717) is 5.82 Å². The van der Waals surface area contributed by atoms with Crippen LogP contribution in [-0.2, 0) is 9.53 Å². The highest BCUT2D eigenvalue weighted by Crippen LogP contribution is 2.23.